The highest BCUT2D eigenvalue weighted by Gasteiger charge is 2.30. The van der Waals surface area contributed by atoms with Crippen LogP contribution in [0.25, 0.3) is 0 Å². The second-order valence-electron chi connectivity index (χ2n) is 5.63. The number of likely N-dealkylation sites (tertiary alicyclic amines) is 1. The summed E-state index contributed by atoms with van der Waals surface area (Å²) in [5.41, 5.74) is 7.80. The third-order valence-corrected chi connectivity index (χ3v) is 3.97. The summed E-state index contributed by atoms with van der Waals surface area (Å²) in [6, 6.07) is 8.32. The molecule has 1 aliphatic rings. The van der Waals surface area contributed by atoms with E-state index >= 15 is 0 Å². The highest BCUT2D eigenvalue weighted by atomic mass is 16.5. The highest BCUT2D eigenvalue weighted by Crippen LogP contribution is 2.25. The molecule has 1 aromatic carbocycles. The van der Waals surface area contributed by atoms with Crippen molar-refractivity contribution in [2.24, 2.45) is 5.73 Å². The quantitative estimate of drug-likeness (QED) is 0.855. The third kappa shape index (κ3) is 3.83. The number of rotatable bonds is 3. The van der Waals surface area contributed by atoms with Gasteiger partial charge in [0.15, 0.2) is 0 Å². The molecular weight excluding hydrogens is 248 g/mol. The molecule has 1 saturated heterocycles. The van der Waals surface area contributed by atoms with Gasteiger partial charge in [-0.15, -0.1) is 0 Å². The van der Waals surface area contributed by atoms with Crippen LogP contribution < -0.4 is 5.73 Å². The number of piperidine rings is 1. The average molecular weight is 272 g/mol. The Bertz CT molecular complexity index is 503. The molecule has 0 amide bonds. The van der Waals surface area contributed by atoms with Crippen molar-refractivity contribution in [1.82, 2.24) is 4.90 Å². The first kappa shape index (κ1) is 15.1. The van der Waals surface area contributed by atoms with Crippen molar-refractivity contribution in [2.75, 3.05) is 26.7 Å². The molecule has 0 radical (unpaired) electrons. The predicted octanol–water partition coefficient (Wildman–Crippen LogP) is 2.00. The summed E-state index contributed by atoms with van der Waals surface area (Å²) < 4.78 is 5.66. The van der Waals surface area contributed by atoms with Gasteiger partial charge in [-0.3, -0.25) is 4.90 Å². The van der Waals surface area contributed by atoms with E-state index in [-0.39, 0.29) is 5.60 Å². The minimum atomic E-state index is -0.0177. The molecule has 1 aliphatic heterocycles. The Morgan fingerprint density at radius 2 is 2.20 bits per heavy atom. The lowest BCUT2D eigenvalue weighted by molar-refractivity contribution is -0.0527. The van der Waals surface area contributed by atoms with Crippen LogP contribution in [0.1, 0.15) is 30.9 Å². The van der Waals surface area contributed by atoms with Crippen LogP contribution in [0, 0.1) is 11.8 Å². The normalized spacial score (nSPS) is 23.1. The van der Waals surface area contributed by atoms with Crippen molar-refractivity contribution >= 4 is 0 Å². The molecule has 20 heavy (non-hydrogen) atoms. The summed E-state index contributed by atoms with van der Waals surface area (Å²) in [4.78, 5) is 2.45. The maximum absolute atomic E-state index is 5.66. The summed E-state index contributed by atoms with van der Waals surface area (Å²) in [6.07, 6.45) is 2.32. The fourth-order valence-corrected chi connectivity index (χ4v) is 2.78. The molecule has 2 N–H and O–H groups in total. The lowest BCUT2D eigenvalue weighted by Gasteiger charge is -2.39. The van der Waals surface area contributed by atoms with Crippen molar-refractivity contribution in [3.8, 4) is 11.8 Å². The first-order valence-corrected chi connectivity index (χ1v) is 7.21. The Balaban J connectivity index is 2.10. The van der Waals surface area contributed by atoms with Gasteiger partial charge in [0, 0.05) is 25.8 Å². The molecule has 3 nitrogen and oxygen atoms in total. The molecular formula is C17H24N2O. The van der Waals surface area contributed by atoms with Gasteiger partial charge < -0.3 is 10.5 Å². The van der Waals surface area contributed by atoms with E-state index in [1.165, 1.54) is 12.0 Å². The van der Waals surface area contributed by atoms with E-state index < -0.39 is 0 Å². The fourth-order valence-electron chi connectivity index (χ4n) is 2.78. The Morgan fingerprint density at radius 1 is 1.40 bits per heavy atom. The number of nitrogens with two attached hydrogens (primary N) is 1. The largest absolute Gasteiger partial charge is 0.377 e. The summed E-state index contributed by atoms with van der Waals surface area (Å²) in [5, 5.41) is 0. The molecule has 2 rings (SSSR count). The molecule has 3 heteroatoms. The van der Waals surface area contributed by atoms with Gasteiger partial charge in [-0.25, -0.2) is 0 Å². The lowest BCUT2D eigenvalue weighted by atomic mass is 9.94. The number of benzene rings is 1. The SMILES string of the molecule is COC1(C)CCCN(Cc2ccccc2C#CCN)C1. The second-order valence-corrected chi connectivity index (χ2v) is 5.63. The van der Waals surface area contributed by atoms with Gasteiger partial charge in [0.25, 0.3) is 0 Å². The molecule has 0 aliphatic carbocycles. The van der Waals surface area contributed by atoms with Crippen LogP contribution in [0.4, 0.5) is 0 Å². The van der Waals surface area contributed by atoms with Crippen LogP contribution >= 0.6 is 0 Å². The van der Waals surface area contributed by atoms with Crippen LogP contribution in [-0.2, 0) is 11.3 Å². The van der Waals surface area contributed by atoms with Crippen molar-refractivity contribution < 1.29 is 4.74 Å². The first-order chi connectivity index (χ1) is 9.67. The van der Waals surface area contributed by atoms with E-state index in [1.807, 2.05) is 13.2 Å². The number of nitrogens with zero attached hydrogens (tertiary/aromatic N) is 1. The smallest absolute Gasteiger partial charge is 0.0777 e. The molecule has 1 fully saturated rings. The fraction of sp³-hybridized carbons (Fsp3) is 0.529. The number of methoxy groups -OCH3 is 1. The second kappa shape index (κ2) is 6.90. The number of ether oxygens (including phenoxy) is 1. The molecule has 0 saturated carbocycles. The van der Waals surface area contributed by atoms with Gasteiger partial charge in [-0.2, -0.15) is 0 Å². The van der Waals surface area contributed by atoms with E-state index in [0.29, 0.717) is 6.54 Å². The van der Waals surface area contributed by atoms with Crippen molar-refractivity contribution in [2.45, 2.75) is 31.9 Å². The van der Waals surface area contributed by atoms with Gasteiger partial charge in [-0.05, 0) is 37.9 Å². The van der Waals surface area contributed by atoms with E-state index in [0.717, 1.165) is 31.6 Å². The van der Waals surface area contributed by atoms with Crippen LogP contribution in [0.3, 0.4) is 0 Å². The standard InChI is InChI=1S/C17H24N2O/c1-17(20-2)10-6-12-19(14-17)13-16-8-4-3-7-15(16)9-5-11-18/h3-4,7-8H,6,10-14,18H2,1-2H3. The summed E-state index contributed by atoms with van der Waals surface area (Å²) in [5.74, 6) is 6.11. The van der Waals surface area contributed by atoms with Crippen molar-refractivity contribution in [3.63, 3.8) is 0 Å². The van der Waals surface area contributed by atoms with E-state index in [9.17, 15) is 0 Å². The summed E-state index contributed by atoms with van der Waals surface area (Å²) in [6.45, 7) is 5.62. The number of hydrogen-bond donors (Lipinski definition) is 1. The van der Waals surface area contributed by atoms with Crippen molar-refractivity contribution in [1.29, 1.82) is 0 Å². The highest BCUT2D eigenvalue weighted by molar-refractivity contribution is 5.41. The van der Waals surface area contributed by atoms with Gasteiger partial charge in [-0.1, -0.05) is 30.0 Å². The average Bonchev–Trinajstić information content (AvgIpc) is 2.46. The Morgan fingerprint density at radius 3 is 2.95 bits per heavy atom. The predicted molar refractivity (Wildman–Crippen MR) is 82.3 cm³/mol. The van der Waals surface area contributed by atoms with E-state index in [2.05, 4.69) is 41.9 Å². The van der Waals surface area contributed by atoms with Crippen molar-refractivity contribution in [3.05, 3.63) is 35.4 Å². The monoisotopic (exact) mass is 272 g/mol. The lowest BCUT2D eigenvalue weighted by Crippen LogP contribution is -2.46. The molecule has 1 atom stereocenters. The Hall–Kier alpha value is -1.34. The van der Waals surface area contributed by atoms with Crippen LogP contribution in [-0.4, -0.2) is 37.2 Å². The molecule has 1 aromatic rings. The molecule has 0 bridgehead atoms. The van der Waals surface area contributed by atoms with Crippen LogP contribution in [0.15, 0.2) is 24.3 Å². The maximum atomic E-state index is 5.66. The van der Waals surface area contributed by atoms with Gasteiger partial charge >= 0.3 is 0 Å². The zero-order valence-electron chi connectivity index (χ0n) is 12.5. The summed E-state index contributed by atoms with van der Waals surface area (Å²) in [7, 11) is 1.81. The van der Waals surface area contributed by atoms with Crippen LogP contribution in [0.5, 0.6) is 0 Å². The minimum absolute atomic E-state index is 0.0177. The molecule has 1 unspecified atom stereocenters. The topological polar surface area (TPSA) is 38.5 Å². The molecule has 0 spiro atoms. The van der Waals surface area contributed by atoms with Crippen LogP contribution in [0.2, 0.25) is 0 Å². The minimum Gasteiger partial charge on any atom is -0.377 e. The molecule has 1 heterocycles. The van der Waals surface area contributed by atoms with Gasteiger partial charge in [0.2, 0.25) is 0 Å². The van der Waals surface area contributed by atoms with Gasteiger partial charge in [0.1, 0.15) is 0 Å². The Kier molecular flexibility index (Phi) is 5.19. The first-order valence-electron chi connectivity index (χ1n) is 7.21. The van der Waals surface area contributed by atoms with E-state index in [1.54, 1.807) is 0 Å². The zero-order chi connectivity index (χ0) is 14.4. The Labute approximate surface area is 122 Å². The van der Waals surface area contributed by atoms with Gasteiger partial charge in [0.05, 0.1) is 12.1 Å². The molecule has 108 valence electrons. The van der Waals surface area contributed by atoms with E-state index in [4.69, 9.17) is 10.5 Å². The summed E-state index contributed by atoms with van der Waals surface area (Å²) >= 11 is 0. The molecule has 0 aromatic heterocycles. The zero-order valence-corrected chi connectivity index (χ0v) is 12.5. The maximum Gasteiger partial charge on any atom is 0.0777 e. The number of hydrogen-bond acceptors (Lipinski definition) is 3. The third-order valence-electron chi connectivity index (χ3n) is 3.97.